The summed E-state index contributed by atoms with van der Waals surface area (Å²) in [7, 11) is 0. The number of carboxylic acid groups (broad SMARTS) is 1. The zero-order valence-corrected chi connectivity index (χ0v) is 13.4. The van der Waals surface area contributed by atoms with Gasteiger partial charge in [-0.1, -0.05) is 15.9 Å². The molecule has 1 unspecified atom stereocenters. The van der Waals surface area contributed by atoms with Crippen molar-refractivity contribution >= 4 is 27.8 Å². The highest BCUT2D eigenvalue weighted by Gasteiger charge is 2.23. The summed E-state index contributed by atoms with van der Waals surface area (Å²) >= 11 is 3.22. The van der Waals surface area contributed by atoms with Crippen molar-refractivity contribution in [3.63, 3.8) is 0 Å². The molecule has 1 fully saturated rings. The van der Waals surface area contributed by atoms with Crippen molar-refractivity contribution in [3.05, 3.63) is 28.2 Å². The van der Waals surface area contributed by atoms with Gasteiger partial charge in [0.2, 0.25) is 0 Å². The summed E-state index contributed by atoms with van der Waals surface area (Å²) in [5.41, 5.74) is 0.0452. The molecule has 1 aliphatic heterocycles. The van der Waals surface area contributed by atoms with Crippen LogP contribution >= 0.6 is 15.9 Å². The van der Waals surface area contributed by atoms with Gasteiger partial charge in [-0.05, 0) is 44.4 Å². The molecular weight excluding hydrogens is 338 g/mol. The van der Waals surface area contributed by atoms with Crippen molar-refractivity contribution in [2.24, 2.45) is 0 Å². The molecule has 2 rings (SSSR count). The van der Waals surface area contributed by atoms with Crippen molar-refractivity contribution in [1.82, 2.24) is 4.90 Å². The van der Waals surface area contributed by atoms with Crippen molar-refractivity contribution in [2.45, 2.75) is 32.2 Å². The maximum Gasteiger partial charge on any atom is 0.339 e. The molecule has 1 heterocycles. The fourth-order valence-electron chi connectivity index (χ4n) is 2.49. The summed E-state index contributed by atoms with van der Waals surface area (Å²) in [6.45, 7) is 2.64. The molecule has 1 N–H and O–H groups in total. The van der Waals surface area contributed by atoms with Crippen molar-refractivity contribution < 1.29 is 19.4 Å². The molecule has 1 atom stereocenters. The first-order valence-electron chi connectivity index (χ1n) is 6.94. The minimum absolute atomic E-state index is 0.0452. The molecule has 1 aliphatic rings. The summed E-state index contributed by atoms with van der Waals surface area (Å²) in [4.78, 5) is 25.2. The van der Waals surface area contributed by atoms with Gasteiger partial charge in [0.1, 0.15) is 11.3 Å². The lowest BCUT2D eigenvalue weighted by Gasteiger charge is -2.33. The monoisotopic (exact) mass is 355 g/mol. The Bertz CT molecular complexity index is 546. The topological polar surface area (TPSA) is 66.8 Å². The average molecular weight is 356 g/mol. The first-order valence-corrected chi connectivity index (χ1v) is 7.73. The molecule has 0 aromatic heterocycles. The molecule has 1 aromatic carbocycles. The van der Waals surface area contributed by atoms with Gasteiger partial charge >= 0.3 is 5.97 Å². The third-order valence-electron chi connectivity index (χ3n) is 3.65. The Morgan fingerprint density at radius 3 is 2.86 bits per heavy atom. The van der Waals surface area contributed by atoms with Crippen LogP contribution in [0.4, 0.5) is 0 Å². The van der Waals surface area contributed by atoms with Crippen LogP contribution in [0.3, 0.4) is 0 Å². The summed E-state index contributed by atoms with van der Waals surface area (Å²) in [6, 6.07) is 4.93. The number of halogens is 1. The van der Waals surface area contributed by atoms with Gasteiger partial charge in [-0.15, -0.1) is 0 Å². The lowest BCUT2D eigenvalue weighted by Crippen LogP contribution is -2.44. The number of ether oxygens (including phenoxy) is 1. The number of hydrogen-bond donors (Lipinski definition) is 1. The van der Waals surface area contributed by atoms with Gasteiger partial charge in [0.05, 0.1) is 0 Å². The molecule has 1 aromatic rings. The van der Waals surface area contributed by atoms with Crippen LogP contribution in [0.5, 0.6) is 5.75 Å². The highest BCUT2D eigenvalue weighted by atomic mass is 79.9. The van der Waals surface area contributed by atoms with Gasteiger partial charge in [-0.2, -0.15) is 0 Å². The average Bonchev–Trinajstić information content (AvgIpc) is 2.46. The van der Waals surface area contributed by atoms with E-state index >= 15 is 0 Å². The molecule has 0 spiro atoms. The van der Waals surface area contributed by atoms with Gasteiger partial charge in [-0.3, -0.25) is 4.79 Å². The number of carboxylic acids is 1. The van der Waals surface area contributed by atoms with Crippen molar-refractivity contribution in [1.29, 1.82) is 0 Å². The smallest absolute Gasteiger partial charge is 0.339 e. The summed E-state index contributed by atoms with van der Waals surface area (Å²) in [5.74, 6) is -0.963. The fraction of sp³-hybridized carbons (Fsp3) is 0.467. The van der Waals surface area contributed by atoms with Crippen LogP contribution in [0.2, 0.25) is 0 Å². The third-order valence-corrected chi connectivity index (χ3v) is 4.14. The summed E-state index contributed by atoms with van der Waals surface area (Å²) < 4.78 is 6.08. The van der Waals surface area contributed by atoms with Crippen LogP contribution < -0.4 is 4.74 Å². The molecule has 0 saturated carbocycles. The SMILES string of the molecule is CC1CCCCN1C(=O)COc1ccc(Br)cc1C(=O)O. The van der Waals surface area contributed by atoms with Crippen LogP contribution in [0, 0.1) is 0 Å². The Balaban J connectivity index is 2.02. The minimum atomic E-state index is -1.08. The second kappa shape index (κ2) is 6.93. The second-order valence-electron chi connectivity index (χ2n) is 5.17. The molecule has 114 valence electrons. The van der Waals surface area contributed by atoms with Gasteiger partial charge < -0.3 is 14.7 Å². The molecule has 21 heavy (non-hydrogen) atoms. The number of likely N-dealkylation sites (tertiary alicyclic amines) is 1. The van der Waals surface area contributed by atoms with E-state index in [1.165, 1.54) is 6.07 Å². The van der Waals surface area contributed by atoms with Crippen LogP contribution in [-0.4, -0.2) is 41.1 Å². The first kappa shape index (κ1) is 15.8. The van der Waals surface area contributed by atoms with Crippen molar-refractivity contribution in [3.8, 4) is 5.75 Å². The highest BCUT2D eigenvalue weighted by molar-refractivity contribution is 9.10. The maximum atomic E-state index is 12.2. The van der Waals surface area contributed by atoms with Crippen LogP contribution in [0.25, 0.3) is 0 Å². The maximum absolute atomic E-state index is 12.2. The minimum Gasteiger partial charge on any atom is -0.483 e. The van der Waals surface area contributed by atoms with Gasteiger partial charge in [0.25, 0.3) is 5.91 Å². The zero-order chi connectivity index (χ0) is 15.4. The van der Waals surface area contributed by atoms with E-state index in [0.717, 1.165) is 25.8 Å². The molecule has 5 nitrogen and oxygen atoms in total. The van der Waals surface area contributed by atoms with E-state index in [1.54, 1.807) is 12.1 Å². The molecular formula is C15H18BrNO4. The number of piperidine rings is 1. The molecule has 1 saturated heterocycles. The van der Waals surface area contributed by atoms with E-state index in [0.29, 0.717) is 4.47 Å². The number of benzene rings is 1. The Labute approximate surface area is 132 Å². The number of hydrogen-bond acceptors (Lipinski definition) is 3. The molecule has 1 amide bonds. The number of amides is 1. The largest absolute Gasteiger partial charge is 0.483 e. The summed E-state index contributed by atoms with van der Waals surface area (Å²) in [6.07, 6.45) is 3.15. The van der Waals surface area contributed by atoms with E-state index in [2.05, 4.69) is 15.9 Å². The van der Waals surface area contributed by atoms with E-state index in [4.69, 9.17) is 9.84 Å². The van der Waals surface area contributed by atoms with E-state index in [9.17, 15) is 9.59 Å². The second-order valence-corrected chi connectivity index (χ2v) is 6.08. The Morgan fingerprint density at radius 2 is 2.19 bits per heavy atom. The normalized spacial score (nSPS) is 18.4. The zero-order valence-electron chi connectivity index (χ0n) is 11.8. The van der Waals surface area contributed by atoms with Crippen LogP contribution in [0.1, 0.15) is 36.5 Å². The molecule has 0 bridgehead atoms. The number of nitrogens with zero attached hydrogens (tertiary/aromatic N) is 1. The first-order chi connectivity index (χ1) is 9.99. The van der Waals surface area contributed by atoms with Crippen LogP contribution in [-0.2, 0) is 4.79 Å². The number of aromatic carboxylic acids is 1. The molecule has 0 radical (unpaired) electrons. The van der Waals surface area contributed by atoms with Crippen LogP contribution in [0.15, 0.2) is 22.7 Å². The number of carbonyl (C=O) groups is 2. The standard InChI is InChI=1S/C15H18BrNO4/c1-10-4-2-3-7-17(10)14(18)9-21-13-6-5-11(16)8-12(13)15(19)20/h5-6,8,10H,2-4,7,9H2,1H3,(H,19,20). The number of carbonyl (C=O) groups excluding carboxylic acids is 1. The summed E-state index contributed by atoms with van der Waals surface area (Å²) in [5, 5.41) is 9.15. The van der Waals surface area contributed by atoms with E-state index < -0.39 is 5.97 Å². The van der Waals surface area contributed by atoms with Gasteiger partial charge in [-0.25, -0.2) is 4.79 Å². The Kier molecular flexibility index (Phi) is 5.22. The Hall–Kier alpha value is -1.56. The van der Waals surface area contributed by atoms with E-state index in [1.807, 2.05) is 11.8 Å². The van der Waals surface area contributed by atoms with Gasteiger partial charge in [0, 0.05) is 17.1 Å². The van der Waals surface area contributed by atoms with Crippen molar-refractivity contribution in [2.75, 3.05) is 13.2 Å². The predicted octanol–water partition coefficient (Wildman–Crippen LogP) is 2.93. The fourth-order valence-corrected chi connectivity index (χ4v) is 2.85. The predicted molar refractivity (Wildman–Crippen MR) is 81.6 cm³/mol. The quantitative estimate of drug-likeness (QED) is 0.901. The molecule has 0 aliphatic carbocycles. The van der Waals surface area contributed by atoms with E-state index in [-0.39, 0.29) is 29.9 Å². The molecule has 6 heteroatoms. The lowest BCUT2D eigenvalue weighted by atomic mass is 10.0. The Morgan fingerprint density at radius 1 is 1.43 bits per heavy atom. The number of rotatable bonds is 4. The lowest BCUT2D eigenvalue weighted by molar-refractivity contribution is -0.136. The highest BCUT2D eigenvalue weighted by Crippen LogP contribution is 2.24. The third kappa shape index (κ3) is 3.97. The van der Waals surface area contributed by atoms with Gasteiger partial charge in [0.15, 0.2) is 6.61 Å².